The Labute approximate surface area is 88.8 Å². The third-order valence-electron chi connectivity index (χ3n) is 2.59. The Hall–Kier alpha value is -1.54. The molecule has 0 aromatic heterocycles. The van der Waals surface area contributed by atoms with Gasteiger partial charge in [0.2, 0.25) is 0 Å². The number of rotatable bonds is 3. The van der Waals surface area contributed by atoms with Crippen molar-refractivity contribution in [1.82, 2.24) is 0 Å². The molecule has 0 aliphatic carbocycles. The highest BCUT2D eigenvalue weighted by Crippen LogP contribution is 2.29. The Bertz CT molecular complexity index is 463. The van der Waals surface area contributed by atoms with Crippen LogP contribution in [0.15, 0.2) is 36.4 Å². The summed E-state index contributed by atoms with van der Waals surface area (Å²) in [5.41, 5.74) is 0.905. The molecule has 0 saturated heterocycles. The van der Waals surface area contributed by atoms with E-state index in [1.54, 1.807) is 0 Å². The minimum Gasteiger partial charge on any atom is -0.507 e. The lowest BCUT2D eigenvalue weighted by molar-refractivity contribution is 0.288. The van der Waals surface area contributed by atoms with Gasteiger partial charge in [-0.15, -0.1) is 0 Å². The van der Waals surface area contributed by atoms with E-state index in [4.69, 9.17) is 5.11 Å². The number of aliphatic hydroxyl groups is 1. The molecule has 0 spiro atoms. The molecule has 2 nitrogen and oxygen atoms in total. The second-order valence-corrected chi connectivity index (χ2v) is 3.62. The van der Waals surface area contributed by atoms with E-state index >= 15 is 0 Å². The second-order valence-electron chi connectivity index (χ2n) is 3.62. The van der Waals surface area contributed by atoms with Crippen LogP contribution in [0.3, 0.4) is 0 Å². The van der Waals surface area contributed by atoms with E-state index < -0.39 is 0 Å². The molecule has 2 aromatic carbocycles. The molecule has 0 aliphatic rings. The lowest BCUT2D eigenvalue weighted by Crippen LogP contribution is -1.90. The first-order valence-corrected chi connectivity index (χ1v) is 5.13. The first-order valence-electron chi connectivity index (χ1n) is 5.13. The van der Waals surface area contributed by atoms with Crippen LogP contribution >= 0.6 is 0 Å². The maximum absolute atomic E-state index is 9.99. The third kappa shape index (κ3) is 1.95. The molecule has 2 N–H and O–H groups in total. The van der Waals surface area contributed by atoms with Crippen molar-refractivity contribution in [3.63, 3.8) is 0 Å². The zero-order chi connectivity index (χ0) is 10.7. The van der Waals surface area contributed by atoms with Crippen LogP contribution in [-0.2, 0) is 6.42 Å². The number of hydrogen-bond donors (Lipinski definition) is 2. The average molecular weight is 202 g/mol. The predicted octanol–water partition coefficient (Wildman–Crippen LogP) is 2.47. The van der Waals surface area contributed by atoms with Crippen molar-refractivity contribution < 1.29 is 10.2 Å². The Morgan fingerprint density at radius 2 is 1.80 bits per heavy atom. The summed E-state index contributed by atoms with van der Waals surface area (Å²) < 4.78 is 0. The van der Waals surface area contributed by atoms with Gasteiger partial charge in [0.25, 0.3) is 0 Å². The highest BCUT2D eigenvalue weighted by Gasteiger charge is 2.04. The number of fused-ring (bicyclic) bond motifs is 1. The van der Waals surface area contributed by atoms with Gasteiger partial charge in [0.05, 0.1) is 0 Å². The standard InChI is InChI=1S/C13H14O2/c14-9-3-5-11-8-7-10-4-1-2-6-12(10)13(11)15/h1-2,4,6-8,14-15H,3,5,9H2. The van der Waals surface area contributed by atoms with Crippen LogP contribution in [0.2, 0.25) is 0 Å². The van der Waals surface area contributed by atoms with Crippen LogP contribution < -0.4 is 0 Å². The van der Waals surface area contributed by atoms with Crippen molar-refractivity contribution in [1.29, 1.82) is 0 Å². The van der Waals surface area contributed by atoms with Crippen molar-refractivity contribution in [3.8, 4) is 5.75 Å². The van der Waals surface area contributed by atoms with Gasteiger partial charge in [-0.1, -0.05) is 36.4 Å². The summed E-state index contributed by atoms with van der Waals surface area (Å²) >= 11 is 0. The average Bonchev–Trinajstić information content (AvgIpc) is 2.29. The normalized spacial score (nSPS) is 10.7. The fourth-order valence-electron chi connectivity index (χ4n) is 1.77. The van der Waals surface area contributed by atoms with E-state index in [0.717, 1.165) is 16.3 Å². The number of hydrogen-bond acceptors (Lipinski definition) is 2. The molecule has 0 unspecified atom stereocenters. The number of aryl methyl sites for hydroxylation is 1. The van der Waals surface area contributed by atoms with Crippen LogP contribution in [0.4, 0.5) is 0 Å². The lowest BCUT2D eigenvalue weighted by Gasteiger charge is -2.06. The van der Waals surface area contributed by atoms with E-state index in [0.29, 0.717) is 18.6 Å². The van der Waals surface area contributed by atoms with E-state index in [1.165, 1.54) is 0 Å². The number of phenols is 1. The van der Waals surface area contributed by atoms with E-state index in [2.05, 4.69) is 0 Å². The van der Waals surface area contributed by atoms with Crippen LogP contribution in [0.1, 0.15) is 12.0 Å². The SMILES string of the molecule is OCCCc1ccc2ccccc2c1O. The van der Waals surface area contributed by atoms with Gasteiger partial charge in [-0.2, -0.15) is 0 Å². The Morgan fingerprint density at radius 3 is 2.60 bits per heavy atom. The maximum Gasteiger partial charge on any atom is 0.126 e. The quantitative estimate of drug-likeness (QED) is 0.802. The fourth-order valence-corrected chi connectivity index (χ4v) is 1.77. The molecule has 78 valence electrons. The molecule has 0 saturated carbocycles. The smallest absolute Gasteiger partial charge is 0.126 e. The van der Waals surface area contributed by atoms with Gasteiger partial charge in [-0.3, -0.25) is 0 Å². The molecule has 15 heavy (non-hydrogen) atoms. The van der Waals surface area contributed by atoms with Crippen LogP contribution in [0, 0.1) is 0 Å². The van der Waals surface area contributed by atoms with Crippen LogP contribution in [-0.4, -0.2) is 16.8 Å². The molecular formula is C13H14O2. The summed E-state index contributed by atoms with van der Waals surface area (Å²) in [6, 6.07) is 11.7. The zero-order valence-electron chi connectivity index (χ0n) is 8.48. The van der Waals surface area contributed by atoms with Gasteiger partial charge in [0, 0.05) is 12.0 Å². The number of aromatic hydroxyl groups is 1. The predicted molar refractivity (Wildman–Crippen MR) is 61.0 cm³/mol. The molecule has 0 radical (unpaired) electrons. The van der Waals surface area contributed by atoms with Crippen molar-refractivity contribution in [3.05, 3.63) is 42.0 Å². The third-order valence-corrected chi connectivity index (χ3v) is 2.59. The molecular weight excluding hydrogens is 188 g/mol. The molecule has 0 heterocycles. The Morgan fingerprint density at radius 1 is 1.00 bits per heavy atom. The number of phenolic OH excluding ortho intramolecular Hbond substituents is 1. The van der Waals surface area contributed by atoms with E-state index in [1.807, 2.05) is 36.4 Å². The van der Waals surface area contributed by atoms with Gasteiger partial charge in [0.1, 0.15) is 5.75 Å². The van der Waals surface area contributed by atoms with Gasteiger partial charge in [0.15, 0.2) is 0 Å². The summed E-state index contributed by atoms with van der Waals surface area (Å²) in [6.07, 6.45) is 1.40. The molecule has 0 aliphatic heterocycles. The maximum atomic E-state index is 9.99. The topological polar surface area (TPSA) is 40.5 Å². The van der Waals surface area contributed by atoms with Gasteiger partial charge >= 0.3 is 0 Å². The lowest BCUT2D eigenvalue weighted by atomic mass is 10.0. The summed E-state index contributed by atoms with van der Waals surface area (Å²) in [5, 5.41) is 20.7. The van der Waals surface area contributed by atoms with Crippen LogP contribution in [0.25, 0.3) is 10.8 Å². The Balaban J connectivity index is 2.45. The summed E-state index contributed by atoms with van der Waals surface area (Å²) in [4.78, 5) is 0. The van der Waals surface area contributed by atoms with Crippen molar-refractivity contribution in [2.24, 2.45) is 0 Å². The second kappa shape index (κ2) is 4.32. The molecule has 0 atom stereocenters. The fraction of sp³-hybridized carbons (Fsp3) is 0.231. The summed E-state index contributed by atoms with van der Waals surface area (Å²) in [7, 11) is 0. The van der Waals surface area contributed by atoms with Gasteiger partial charge in [-0.25, -0.2) is 0 Å². The highest BCUT2D eigenvalue weighted by molar-refractivity contribution is 5.89. The molecule has 2 rings (SSSR count). The molecule has 2 heteroatoms. The summed E-state index contributed by atoms with van der Waals surface area (Å²) in [6.45, 7) is 0.159. The first kappa shape index (κ1) is 9.99. The molecule has 0 fully saturated rings. The van der Waals surface area contributed by atoms with Crippen molar-refractivity contribution >= 4 is 10.8 Å². The van der Waals surface area contributed by atoms with E-state index in [-0.39, 0.29) is 6.61 Å². The van der Waals surface area contributed by atoms with E-state index in [9.17, 15) is 5.11 Å². The highest BCUT2D eigenvalue weighted by atomic mass is 16.3. The largest absolute Gasteiger partial charge is 0.507 e. The van der Waals surface area contributed by atoms with Crippen molar-refractivity contribution in [2.45, 2.75) is 12.8 Å². The zero-order valence-corrected chi connectivity index (χ0v) is 8.48. The minimum atomic E-state index is 0.159. The monoisotopic (exact) mass is 202 g/mol. The van der Waals surface area contributed by atoms with Crippen LogP contribution in [0.5, 0.6) is 5.75 Å². The number of benzene rings is 2. The summed E-state index contributed by atoms with van der Waals surface area (Å²) in [5.74, 6) is 0.349. The number of aliphatic hydroxyl groups excluding tert-OH is 1. The molecule has 2 aromatic rings. The molecule has 0 bridgehead atoms. The van der Waals surface area contributed by atoms with Gasteiger partial charge in [-0.05, 0) is 23.8 Å². The van der Waals surface area contributed by atoms with Gasteiger partial charge < -0.3 is 10.2 Å². The minimum absolute atomic E-state index is 0.159. The van der Waals surface area contributed by atoms with Crippen molar-refractivity contribution in [2.75, 3.05) is 6.61 Å². The first-order chi connectivity index (χ1) is 7.33. The Kier molecular flexibility index (Phi) is 2.88. The molecule has 0 amide bonds.